The van der Waals surface area contributed by atoms with Gasteiger partial charge < -0.3 is 20.1 Å². The Morgan fingerprint density at radius 1 is 1.29 bits per heavy atom. The molecule has 1 fully saturated rings. The van der Waals surface area contributed by atoms with Crippen LogP contribution in [0.1, 0.15) is 31.9 Å². The summed E-state index contributed by atoms with van der Waals surface area (Å²) in [5.74, 6) is 0.551. The van der Waals surface area contributed by atoms with Crippen LogP contribution in [0.2, 0.25) is 0 Å². The largest absolute Gasteiger partial charge is 0.379 e. The third kappa shape index (κ3) is 9.12. The minimum atomic E-state index is -0.250. The molecule has 7 nitrogen and oxygen atoms in total. The van der Waals surface area contributed by atoms with Crippen LogP contribution in [0.4, 0.5) is 4.39 Å². The highest BCUT2D eigenvalue weighted by Gasteiger charge is 2.14. The molecule has 1 aliphatic heterocycles. The van der Waals surface area contributed by atoms with E-state index in [1.807, 2.05) is 19.2 Å². The monoisotopic (exact) mass is 545 g/mol. The van der Waals surface area contributed by atoms with Crippen molar-refractivity contribution in [2.75, 3.05) is 39.5 Å². The first-order valence-electron chi connectivity index (χ1n) is 10.8. The number of aromatic nitrogens is 2. The molecule has 2 N–H and O–H groups in total. The van der Waals surface area contributed by atoms with Crippen molar-refractivity contribution in [3.05, 3.63) is 48.0 Å². The molecule has 0 spiro atoms. The zero-order valence-electron chi connectivity index (χ0n) is 18.1. The van der Waals surface area contributed by atoms with Gasteiger partial charge in [-0.3, -0.25) is 4.99 Å². The Morgan fingerprint density at radius 3 is 2.87 bits per heavy atom. The summed E-state index contributed by atoms with van der Waals surface area (Å²) < 4.78 is 26.0. The second-order valence-corrected chi connectivity index (χ2v) is 7.23. The number of nitrogens with one attached hydrogen (secondary N) is 2. The molecule has 0 aliphatic carbocycles. The van der Waals surface area contributed by atoms with E-state index in [-0.39, 0.29) is 35.9 Å². The molecule has 1 saturated heterocycles. The van der Waals surface area contributed by atoms with Crippen LogP contribution in [-0.2, 0) is 15.9 Å². The van der Waals surface area contributed by atoms with Gasteiger partial charge in [0, 0.05) is 45.5 Å². The zero-order chi connectivity index (χ0) is 21.0. The van der Waals surface area contributed by atoms with Gasteiger partial charge in [-0.05, 0) is 56.5 Å². The van der Waals surface area contributed by atoms with Crippen LogP contribution in [0.25, 0.3) is 5.69 Å². The molecule has 1 unspecified atom stereocenters. The second-order valence-electron chi connectivity index (χ2n) is 7.23. The van der Waals surface area contributed by atoms with E-state index >= 15 is 0 Å². The molecule has 31 heavy (non-hydrogen) atoms. The molecule has 1 atom stereocenters. The Hall–Kier alpha value is -1.72. The lowest BCUT2D eigenvalue weighted by Crippen LogP contribution is -2.38. The van der Waals surface area contributed by atoms with Crippen molar-refractivity contribution in [1.29, 1.82) is 0 Å². The van der Waals surface area contributed by atoms with E-state index in [1.165, 1.54) is 12.1 Å². The van der Waals surface area contributed by atoms with E-state index in [2.05, 4.69) is 20.7 Å². The molecule has 172 valence electrons. The smallest absolute Gasteiger partial charge is 0.191 e. The molecule has 1 aliphatic rings. The van der Waals surface area contributed by atoms with Gasteiger partial charge >= 0.3 is 0 Å². The van der Waals surface area contributed by atoms with Gasteiger partial charge in [0.2, 0.25) is 0 Å². The minimum Gasteiger partial charge on any atom is -0.379 e. The molecular formula is C22H33FIN5O2. The van der Waals surface area contributed by atoms with Crippen molar-refractivity contribution in [3.8, 4) is 5.69 Å². The molecular weight excluding hydrogens is 512 g/mol. The summed E-state index contributed by atoms with van der Waals surface area (Å²) in [4.78, 5) is 4.60. The highest BCUT2D eigenvalue weighted by Crippen LogP contribution is 2.12. The summed E-state index contributed by atoms with van der Waals surface area (Å²) in [6.07, 6.45) is 6.06. The van der Waals surface area contributed by atoms with Crippen molar-refractivity contribution in [3.63, 3.8) is 0 Å². The van der Waals surface area contributed by atoms with Gasteiger partial charge in [-0.1, -0.05) is 0 Å². The van der Waals surface area contributed by atoms with Gasteiger partial charge in [-0.15, -0.1) is 24.0 Å². The standard InChI is InChI=1S/C22H32FN5O2.HI/c1-2-24-22(25-12-4-15-29-17-21-5-3-16-30-21)26-13-10-19-11-14-28(27-19)20-8-6-18(23)7-9-20;/h6-9,11,14,21H,2-5,10,12-13,15-17H2,1H3,(H2,24,25,26);1H. The molecule has 0 saturated carbocycles. The average molecular weight is 545 g/mol. The van der Waals surface area contributed by atoms with E-state index in [9.17, 15) is 4.39 Å². The van der Waals surface area contributed by atoms with E-state index in [0.717, 1.165) is 62.7 Å². The first-order valence-corrected chi connectivity index (χ1v) is 10.8. The predicted octanol–water partition coefficient (Wildman–Crippen LogP) is 3.31. The van der Waals surface area contributed by atoms with Crippen molar-refractivity contribution in [1.82, 2.24) is 20.4 Å². The fourth-order valence-electron chi connectivity index (χ4n) is 3.23. The number of guanidine groups is 1. The van der Waals surface area contributed by atoms with Crippen molar-refractivity contribution < 1.29 is 13.9 Å². The topological polar surface area (TPSA) is 72.7 Å². The Morgan fingerprint density at radius 2 is 2.13 bits per heavy atom. The first kappa shape index (κ1) is 25.5. The summed E-state index contributed by atoms with van der Waals surface area (Å²) in [7, 11) is 0. The number of hydrogen-bond acceptors (Lipinski definition) is 4. The first-order chi connectivity index (χ1) is 14.7. The number of nitrogens with zero attached hydrogens (tertiary/aromatic N) is 3. The van der Waals surface area contributed by atoms with Crippen molar-refractivity contribution >= 4 is 29.9 Å². The third-order valence-electron chi connectivity index (χ3n) is 4.80. The SMILES string of the molecule is CCNC(=NCCCOCC1CCCO1)NCCc1ccn(-c2ccc(F)cc2)n1.I. The quantitative estimate of drug-likeness (QED) is 0.196. The number of aliphatic imine (C=N–C) groups is 1. The zero-order valence-corrected chi connectivity index (χ0v) is 20.4. The Labute approximate surface area is 200 Å². The van der Waals surface area contributed by atoms with Gasteiger partial charge in [0.05, 0.1) is 24.1 Å². The Bertz CT molecular complexity index is 778. The van der Waals surface area contributed by atoms with Gasteiger partial charge in [-0.2, -0.15) is 5.10 Å². The molecule has 1 aromatic carbocycles. The molecule has 0 bridgehead atoms. The molecule has 3 rings (SSSR count). The van der Waals surface area contributed by atoms with Crippen molar-refractivity contribution in [2.24, 2.45) is 4.99 Å². The summed E-state index contributed by atoms with van der Waals surface area (Å²) in [5.41, 5.74) is 1.80. The number of halogens is 2. The lowest BCUT2D eigenvalue weighted by Gasteiger charge is -2.11. The van der Waals surface area contributed by atoms with E-state index in [0.29, 0.717) is 19.8 Å². The fraction of sp³-hybridized carbons (Fsp3) is 0.545. The predicted molar refractivity (Wildman–Crippen MR) is 131 cm³/mol. The minimum absolute atomic E-state index is 0. The summed E-state index contributed by atoms with van der Waals surface area (Å²) >= 11 is 0. The van der Waals surface area contributed by atoms with Gasteiger partial charge in [0.15, 0.2) is 5.96 Å². The maximum atomic E-state index is 13.1. The Kier molecular flexibility index (Phi) is 11.8. The van der Waals surface area contributed by atoms with Crippen LogP contribution >= 0.6 is 24.0 Å². The van der Waals surface area contributed by atoms with E-state index in [1.54, 1.807) is 16.8 Å². The maximum absolute atomic E-state index is 13.1. The van der Waals surface area contributed by atoms with Crippen LogP contribution < -0.4 is 10.6 Å². The number of benzene rings is 1. The van der Waals surface area contributed by atoms with Gasteiger partial charge in [0.1, 0.15) is 5.82 Å². The molecule has 2 aromatic rings. The second kappa shape index (κ2) is 14.4. The van der Waals surface area contributed by atoms with E-state index in [4.69, 9.17) is 9.47 Å². The highest BCUT2D eigenvalue weighted by atomic mass is 127. The summed E-state index contributed by atoms with van der Waals surface area (Å²) in [5, 5.41) is 11.1. The van der Waals surface area contributed by atoms with Gasteiger partial charge in [-0.25, -0.2) is 9.07 Å². The van der Waals surface area contributed by atoms with Crippen molar-refractivity contribution in [2.45, 2.75) is 38.7 Å². The summed E-state index contributed by atoms with van der Waals surface area (Å²) in [6, 6.07) is 8.27. The Balaban J connectivity index is 0.00000341. The maximum Gasteiger partial charge on any atom is 0.191 e. The normalized spacial score (nSPS) is 16.2. The molecule has 0 amide bonds. The highest BCUT2D eigenvalue weighted by molar-refractivity contribution is 14.0. The van der Waals surface area contributed by atoms with Crippen LogP contribution in [-0.4, -0.2) is 61.3 Å². The third-order valence-corrected chi connectivity index (χ3v) is 4.80. The van der Waals surface area contributed by atoms with Crippen LogP contribution in [0.15, 0.2) is 41.5 Å². The number of hydrogen-bond donors (Lipinski definition) is 2. The van der Waals surface area contributed by atoms with Crippen LogP contribution in [0.5, 0.6) is 0 Å². The fourth-order valence-corrected chi connectivity index (χ4v) is 3.23. The number of ether oxygens (including phenoxy) is 2. The van der Waals surface area contributed by atoms with E-state index < -0.39 is 0 Å². The van der Waals surface area contributed by atoms with Gasteiger partial charge in [0.25, 0.3) is 0 Å². The average Bonchev–Trinajstić information content (AvgIpc) is 3.43. The molecule has 1 aromatic heterocycles. The van der Waals surface area contributed by atoms with Crippen LogP contribution in [0.3, 0.4) is 0 Å². The summed E-state index contributed by atoms with van der Waals surface area (Å²) in [6.45, 7) is 6.54. The lowest BCUT2D eigenvalue weighted by molar-refractivity contribution is 0.0171. The van der Waals surface area contributed by atoms with Crippen LogP contribution in [0, 0.1) is 5.82 Å². The molecule has 0 radical (unpaired) electrons. The molecule has 9 heteroatoms. The molecule has 2 heterocycles. The number of rotatable bonds is 11. The lowest BCUT2D eigenvalue weighted by atomic mass is 10.2.